The Kier molecular flexibility index (Phi) is 3.20. The lowest BCUT2D eigenvalue weighted by molar-refractivity contribution is -0.385. The van der Waals surface area contributed by atoms with Crippen LogP contribution in [0.4, 0.5) is 5.69 Å². The smallest absolute Gasteiger partial charge is 0.258 e. The van der Waals surface area contributed by atoms with Crippen LogP contribution < -0.4 is 0 Å². The van der Waals surface area contributed by atoms with Crippen molar-refractivity contribution < 1.29 is 4.92 Å². The van der Waals surface area contributed by atoms with Crippen molar-refractivity contribution in [2.24, 2.45) is 0 Å². The second-order valence-corrected chi connectivity index (χ2v) is 2.63. The number of para-hydroxylation sites is 1. The molecule has 3 heteroatoms. The quantitative estimate of drug-likeness (QED) is 0.526. The van der Waals surface area contributed by atoms with Crippen molar-refractivity contribution in [3.63, 3.8) is 0 Å². The van der Waals surface area contributed by atoms with E-state index in [0.29, 0.717) is 5.56 Å². The molecule has 0 unspecified atom stereocenters. The van der Waals surface area contributed by atoms with Gasteiger partial charge in [0, 0.05) is 6.07 Å². The van der Waals surface area contributed by atoms with Gasteiger partial charge in [-0.25, -0.2) is 0 Å². The third kappa shape index (κ3) is 2.40. The molecule has 0 bridgehead atoms. The van der Waals surface area contributed by atoms with Gasteiger partial charge in [-0.05, 0) is 12.5 Å². The first kappa shape index (κ1) is 9.45. The molecule has 0 saturated carbocycles. The van der Waals surface area contributed by atoms with Gasteiger partial charge in [0.25, 0.3) is 5.69 Å². The Morgan fingerprint density at radius 2 is 2.15 bits per heavy atom. The van der Waals surface area contributed by atoms with E-state index in [1.807, 2.05) is 13.0 Å². The lowest BCUT2D eigenvalue weighted by atomic mass is 10.1. The standard InChI is InChI=1S/C10H11NO2/c1-2-3-6-9-7-4-5-8-10(9)11(12)13/h3-8H,2H2,1H3/b6-3+. The van der Waals surface area contributed by atoms with Crippen LogP contribution in [-0.2, 0) is 0 Å². The lowest BCUT2D eigenvalue weighted by Crippen LogP contribution is -1.90. The van der Waals surface area contributed by atoms with E-state index < -0.39 is 0 Å². The van der Waals surface area contributed by atoms with E-state index >= 15 is 0 Å². The Balaban J connectivity index is 3.05. The molecule has 1 rings (SSSR count). The predicted octanol–water partition coefficient (Wildman–Crippen LogP) is 3.02. The van der Waals surface area contributed by atoms with Gasteiger partial charge in [-0.3, -0.25) is 10.1 Å². The molecule has 0 aliphatic rings. The molecule has 1 aromatic rings. The third-order valence-corrected chi connectivity index (χ3v) is 1.67. The number of nitro benzene ring substituents is 1. The Morgan fingerprint density at radius 3 is 2.77 bits per heavy atom. The minimum atomic E-state index is -0.366. The van der Waals surface area contributed by atoms with Gasteiger partial charge in [0.05, 0.1) is 10.5 Å². The Labute approximate surface area is 76.9 Å². The van der Waals surface area contributed by atoms with Crippen molar-refractivity contribution in [3.8, 4) is 0 Å². The Morgan fingerprint density at radius 1 is 1.46 bits per heavy atom. The van der Waals surface area contributed by atoms with Crippen LogP contribution in [-0.4, -0.2) is 4.92 Å². The van der Waals surface area contributed by atoms with E-state index in [1.54, 1.807) is 24.3 Å². The van der Waals surface area contributed by atoms with Crippen LogP contribution in [0.5, 0.6) is 0 Å². The van der Waals surface area contributed by atoms with Crippen molar-refractivity contribution in [3.05, 3.63) is 46.0 Å². The van der Waals surface area contributed by atoms with Gasteiger partial charge in [-0.2, -0.15) is 0 Å². The zero-order valence-corrected chi connectivity index (χ0v) is 7.43. The van der Waals surface area contributed by atoms with Crippen LogP contribution in [0, 0.1) is 10.1 Å². The SMILES string of the molecule is CC/C=C/c1ccccc1[N+](=O)[O-]. The number of nitro groups is 1. The first-order valence-corrected chi connectivity index (χ1v) is 4.15. The average molecular weight is 177 g/mol. The summed E-state index contributed by atoms with van der Waals surface area (Å²) in [5.74, 6) is 0. The zero-order chi connectivity index (χ0) is 9.68. The van der Waals surface area contributed by atoms with E-state index in [9.17, 15) is 10.1 Å². The molecule has 0 amide bonds. The van der Waals surface area contributed by atoms with Gasteiger partial charge in [0.15, 0.2) is 0 Å². The molecule has 1 aromatic carbocycles. The number of allylic oxidation sites excluding steroid dienone is 1. The molecule has 0 atom stereocenters. The molecule has 0 radical (unpaired) electrons. The van der Waals surface area contributed by atoms with Crippen molar-refractivity contribution in [2.75, 3.05) is 0 Å². The molecule has 0 saturated heterocycles. The molecule has 0 aliphatic carbocycles. The summed E-state index contributed by atoms with van der Waals surface area (Å²) in [6.07, 6.45) is 4.56. The third-order valence-electron chi connectivity index (χ3n) is 1.67. The number of nitrogens with zero attached hydrogens (tertiary/aromatic N) is 1. The van der Waals surface area contributed by atoms with Gasteiger partial charge in [0.2, 0.25) is 0 Å². The first-order chi connectivity index (χ1) is 6.25. The molecular weight excluding hydrogens is 166 g/mol. The minimum absolute atomic E-state index is 0.159. The fourth-order valence-electron chi connectivity index (χ4n) is 1.04. The van der Waals surface area contributed by atoms with Crippen molar-refractivity contribution >= 4 is 11.8 Å². The van der Waals surface area contributed by atoms with Crippen LogP contribution in [0.2, 0.25) is 0 Å². The maximum absolute atomic E-state index is 10.6. The molecule has 3 nitrogen and oxygen atoms in total. The summed E-state index contributed by atoms with van der Waals surface area (Å²) in [7, 11) is 0. The molecule has 0 heterocycles. The second-order valence-electron chi connectivity index (χ2n) is 2.63. The maximum Gasteiger partial charge on any atom is 0.276 e. The Bertz CT molecular complexity index is 331. The molecule has 68 valence electrons. The van der Waals surface area contributed by atoms with E-state index in [0.717, 1.165) is 6.42 Å². The number of hydrogen-bond donors (Lipinski definition) is 0. The molecule has 13 heavy (non-hydrogen) atoms. The summed E-state index contributed by atoms with van der Waals surface area (Å²) in [4.78, 5) is 10.2. The van der Waals surface area contributed by atoms with E-state index in [1.165, 1.54) is 6.07 Å². The predicted molar refractivity (Wildman–Crippen MR) is 52.4 cm³/mol. The number of benzene rings is 1. The highest BCUT2D eigenvalue weighted by atomic mass is 16.6. The minimum Gasteiger partial charge on any atom is -0.258 e. The zero-order valence-electron chi connectivity index (χ0n) is 7.43. The van der Waals surface area contributed by atoms with E-state index in [2.05, 4.69) is 0 Å². The molecule has 0 fully saturated rings. The first-order valence-electron chi connectivity index (χ1n) is 4.15. The van der Waals surface area contributed by atoms with Gasteiger partial charge < -0.3 is 0 Å². The van der Waals surface area contributed by atoms with Crippen molar-refractivity contribution in [1.29, 1.82) is 0 Å². The summed E-state index contributed by atoms with van der Waals surface area (Å²) >= 11 is 0. The fraction of sp³-hybridized carbons (Fsp3) is 0.200. The van der Waals surface area contributed by atoms with Gasteiger partial charge in [-0.15, -0.1) is 0 Å². The number of hydrogen-bond acceptors (Lipinski definition) is 2. The van der Waals surface area contributed by atoms with E-state index in [-0.39, 0.29) is 10.6 Å². The van der Waals surface area contributed by atoms with Crippen LogP contribution in [0.15, 0.2) is 30.3 Å². The summed E-state index contributed by atoms with van der Waals surface area (Å²) in [6, 6.07) is 6.71. The van der Waals surface area contributed by atoms with Crippen LogP contribution in [0.25, 0.3) is 6.08 Å². The van der Waals surface area contributed by atoms with E-state index in [4.69, 9.17) is 0 Å². The summed E-state index contributed by atoms with van der Waals surface area (Å²) in [5.41, 5.74) is 0.821. The maximum atomic E-state index is 10.6. The normalized spacial score (nSPS) is 10.5. The second kappa shape index (κ2) is 4.40. The van der Waals surface area contributed by atoms with Crippen molar-refractivity contribution in [1.82, 2.24) is 0 Å². The van der Waals surface area contributed by atoms with Crippen LogP contribution >= 0.6 is 0 Å². The topological polar surface area (TPSA) is 43.1 Å². The summed E-state index contributed by atoms with van der Waals surface area (Å²) in [5, 5.41) is 10.6. The molecule has 0 N–H and O–H groups in total. The van der Waals surface area contributed by atoms with Crippen LogP contribution in [0.1, 0.15) is 18.9 Å². The van der Waals surface area contributed by atoms with Gasteiger partial charge in [-0.1, -0.05) is 31.2 Å². The highest BCUT2D eigenvalue weighted by Crippen LogP contribution is 2.18. The molecule has 0 aliphatic heterocycles. The number of rotatable bonds is 3. The summed E-state index contributed by atoms with van der Waals surface area (Å²) in [6.45, 7) is 1.99. The van der Waals surface area contributed by atoms with Gasteiger partial charge >= 0.3 is 0 Å². The van der Waals surface area contributed by atoms with Gasteiger partial charge in [0.1, 0.15) is 0 Å². The van der Waals surface area contributed by atoms with Crippen molar-refractivity contribution in [2.45, 2.75) is 13.3 Å². The molecule has 0 aromatic heterocycles. The Hall–Kier alpha value is -1.64. The largest absolute Gasteiger partial charge is 0.276 e. The highest BCUT2D eigenvalue weighted by molar-refractivity contribution is 5.60. The van der Waals surface area contributed by atoms with Crippen LogP contribution in [0.3, 0.4) is 0 Å². The average Bonchev–Trinajstić information content (AvgIpc) is 2.15. The highest BCUT2D eigenvalue weighted by Gasteiger charge is 2.08. The molecule has 0 spiro atoms. The molecular formula is C10H11NO2. The monoisotopic (exact) mass is 177 g/mol. The fourth-order valence-corrected chi connectivity index (χ4v) is 1.04. The lowest BCUT2D eigenvalue weighted by Gasteiger charge is -1.95. The summed E-state index contributed by atoms with van der Waals surface area (Å²) < 4.78 is 0.